The smallest absolute Gasteiger partial charge is 0.228 e. The van der Waals surface area contributed by atoms with Gasteiger partial charge in [0.2, 0.25) is 11.8 Å². The number of allylic oxidation sites excluding steroid dienone is 2. The van der Waals surface area contributed by atoms with E-state index in [0.29, 0.717) is 28.4 Å². The number of carbonyl (C=O) groups is 2. The summed E-state index contributed by atoms with van der Waals surface area (Å²) in [5, 5.41) is 6.21. The van der Waals surface area contributed by atoms with Gasteiger partial charge in [0, 0.05) is 42.6 Å². The van der Waals surface area contributed by atoms with Crippen LogP contribution in [0.1, 0.15) is 64.9 Å². The number of amidine groups is 1. The van der Waals surface area contributed by atoms with Crippen molar-refractivity contribution in [2.75, 3.05) is 5.32 Å². The molecule has 3 heterocycles. The maximum atomic E-state index is 15.2. The second-order valence-corrected chi connectivity index (χ2v) is 11.0. The molecule has 35 heavy (non-hydrogen) atoms. The van der Waals surface area contributed by atoms with Gasteiger partial charge in [0.15, 0.2) is 0 Å². The molecule has 1 aromatic rings. The Hall–Kier alpha value is -2.74. The first-order chi connectivity index (χ1) is 16.6. The van der Waals surface area contributed by atoms with Gasteiger partial charge in [-0.25, -0.2) is 9.37 Å². The maximum Gasteiger partial charge on any atom is 0.228 e. The third-order valence-corrected chi connectivity index (χ3v) is 7.90. The zero-order valence-corrected chi connectivity index (χ0v) is 21.0. The normalized spacial score (nSPS) is 28.9. The number of pyridine rings is 1. The molecule has 4 atom stereocenters. The number of rotatable bonds is 4. The molecule has 2 N–H and O–H groups in total. The van der Waals surface area contributed by atoms with Crippen LogP contribution in [0.15, 0.2) is 35.2 Å². The van der Waals surface area contributed by atoms with Crippen molar-refractivity contribution in [1.29, 1.82) is 0 Å². The molecule has 0 bridgehead atoms. The molecule has 0 radical (unpaired) electrons. The monoisotopic (exact) mass is 499 g/mol. The second kappa shape index (κ2) is 9.04. The van der Waals surface area contributed by atoms with Gasteiger partial charge >= 0.3 is 0 Å². The Kier molecular flexibility index (Phi) is 6.20. The molecule has 186 valence electrons. The molecule has 2 aliphatic heterocycles. The number of fused-ring (bicyclic) bond motifs is 3. The summed E-state index contributed by atoms with van der Waals surface area (Å²) >= 11 is 6.49. The third kappa shape index (κ3) is 4.60. The molecule has 4 aliphatic rings. The van der Waals surface area contributed by atoms with Gasteiger partial charge in [-0.05, 0) is 57.2 Å². The summed E-state index contributed by atoms with van der Waals surface area (Å²) in [5.41, 5.74) is 1.19. The lowest BCUT2D eigenvalue weighted by atomic mass is 9.85. The molecule has 9 heteroatoms. The van der Waals surface area contributed by atoms with Crippen molar-refractivity contribution in [2.24, 2.45) is 10.9 Å². The van der Waals surface area contributed by atoms with Gasteiger partial charge in [0.1, 0.15) is 23.5 Å². The quantitative estimate of drug-likeness (QED) is 0.631. The van der Waals surface area contributed by atoms with Gasteiger partial charge in [-0.15, -0.1) is 0 Å². The Morgan fingerprint density at radius 3 is 2.86 bits per heavy atom. The average molecular weight is 500 g/mol. The highest BCUT2D eigenvalue weighted by molar-refractivity contribution is 6.32. The molecule has 1 saturated carbocycles. The molecule has 2 amide bonds. The van der Waals surface area contributed by atoms with Gasteiger partial charge < -0.3 is 15.5 Å². The van der Waals surface area contributed by atoms with E-state index in [1.807, 2.05) is 6.08 Å². The van der Waals surface area contributed by atoms with Crippen LogP contribution in [0, 0.1) is 5.92 Å². The lowest BCUT2D eigenvalue weighted by Crippen LogP contribution is -2.47. The van der Waals surface area contributed by atoms with E-state index in [1.165, 1.54) is 19.2 Å². The van der Waals surface area contributed by atoms with Crippen molar-refractivity contribution in [3.8, 4) is 0 Å². The highest BCUT2D eigenvalue weighted by Gasteiger charge is 2.49. The number of amides is 2. The van der Waals surface area contributed by atoms with Crippen LogP contribution < -0.4 is 10.6 Å². The molecule has 2 aliphatic carbocycles. The lowest BCUT2D eigenvalue weighted by Gasteiger charge is -2.37. The zero-order chi connectivity index (χ0) is 24.9. The molecule has 0 aromatic carbocycles. The topological polar surface area (TPSA) is 86.7 Å². The largest absolute Gasteiger partial charge is 0.354 e. The van der Waals surface area contributed by atoms with Crippen LogP contribution in [0.2, 0.25) is 5.02 Å². The minimum Gasteiger partial charge on any atom is -0.354 e. The van der Waals surface area contributed by atoms with Crippen LogP contribution in [-0.2, 0) is 9.59 Å². The van der Waals surface area contributed by atoms with E-state index in [0.717, 1.165) is 37.9 Å². The molecule has 1 saturated heterocycles. The SMILES string of the molecule is CC(=O)N[C@@H]1CCC[C@H](C(=O)Nc2cc(C3=CC4C(N=C5CCC(C)(C)N54)C(F)=C3)c(Cl)cn2)C1. The van der Waals surface area contributed by atoms with Crippen molar-refractivity contribution in [3.63, 3.8) is 0 Å². The first-order valence-electron chi connectivity index (χ1n) is 12.3. The van der Waals surface area contributed by atoms with Crippen molar-refractivity contribution in [3.05, 3.63) is 40.8 Å². The van der Waals surface area contributed by atoms with Crippen molar-refractivity contribution < 1.29 is 14.0 Å². The highest BCUT2D eigenvalue weighted by Crippen LogP contribution is 2.44. The predicted molar refractivity (Wildman–Crippen MR) is 135 cm³/mol. The van der Waals surface area contributed by atoms with Gasteiger partial charge in [-0.3, -0.25) is 14.6 Å². The fraction of sp³-hybridized carbons (Fsp3) is 0.538. The van der Waals surface area contributed by atoms with Crippen molar-refractivity contribution >= 4 is 40.6 Å². The number of carbonyl (C=O) groups excluding carboxylic acids is 2. The van der Waals surface area contributed by atoms with Crippen LogP contribution in [-0.4, -0.2) is 51.2 Å². The fourth-order valence-corrected chi connectivity index (χ4v) is 6.13. The number of hydrogen-bond donors (Lipinski definition) is 2. The van der Waals surface area contributed by atoms with E-state index in [4.69, 9.17) is 11.6 Å². The third-order valence-electron chi connectivity index (χ3n) is 7.60. The van der Waals surface area contributed by atoms with Crippen LogP contribution in [0.4, 0.5) is 10.2 Å². The summed E-state index contributed by atoms with van der Waals surface area (Å²) in [6, 6.07) is 0.997. The number of nitrogens with one attached hydrogen (secondary N) is 2. The van der Waals surface area contributed by atoms with E-state index >= 15 is 4.39 Å². The van der Waals surface area contributed by atoms with E-state index in [9.17, 15) is 9.59 Å². The van der Waals surface area contributed by atoms with Gasteiger partial charge in [0.05, 0.1) is 11.1 Å². The van der Waals surface area contributed by atoms with E-state index < -0.39 is 6.04 Å². The van der Waals surface area contributed by atoms with Crippen LogP contribution >= 0.6 is 11.6 Å². The van der Waals surface area contributed by atoms with E-state index in [1.54, 1.807) is 6.07 Å². The van der Waals surface area contributed by atoms with Gasteiger partial charge in [-0.1, -0.05) is 24.1 Å². The van der Waals surface area contributed by atoms with Crippen LogP contribution in [0.3, 0.4) is 0 Å². The van der Waals surface area contributed by atoms with Crippen LogP contribution in [0.5, 0.6) is 0 Å². The Labute approximate surface area is 209 Å². The summed E-state index contributed by atoms with van der Waals surface area (Å²) in [4.78, 5) is 35.6. The molecule has 2 unspecified atom stereocenters. The number of aromatic nitrogens is 1. The second-order valence-electron chi connectivity index (χ2n) is 10.6. The molecule has 0 spiro atoms. The first kappa shape index (κ1) is 24.0. The summed E-state index contributed by atoms with van der Waals surface area (Å²) < 4.78 is 15.2. The zero-order valence-electron chi connectivity index (χ0n) is 20.3. The molecular weight excluding hydrogens is 469 g/mol. The fourth-order valence-electron chi connectivity index (χ4n) is 5.92. The number of aliphatic imine (C=N–C) groups is 1. The lowest BCUT2D eigenvalue weighted by molar-refractivity contribution is -0.123. The number of hydrogen-bond acceptors (Lipinski definition) is 5. The van der Waals surface area contributed by atoms with Gasteiger partial charge in [0.25, 0.3) is 0 Å². The number of anilines is 1. The summed E-state index contributed by atoms with van der Waals surface area (Å²) in [5.74, 6) is 0.630. The van der Waals surface area contributed by atoms with E-state index in [-0.39, 0.29) is 41.2 Å². The Morgan fingerprint density at radius 2 is 2.09 bits per heavy atom. The number of halogens is 2. The standard InChI is InChI=1S/C26H31ClFN5O2/c1-14(34)30-17-6-4-5-15(9-17)25(35)31-22-12-18(19(27)13-29-22)16-10-20(28)24-21(11-16)33-23(32-24)7-8-26(33,2)3/h10-13,15,17,21,24H,4-9H2,1-3H3,(H,30,34)(H,29,31,35)/t15-,17+,21?,24?/m0/s1. The summed E-state index contributed by atoms with van der Waals surface area (Å²) in [7, 11) is 0. The van der Waals surface area contributed by atoms with E-state index in [2.05, 4.69) is 39.4 Å². The molecule has 5 rings (SSSR count). The minimum atomic E-state index is -0.518. The van der Waals surface area contributed by atoms with Crippen molar-refractivity contribution in [2.45, 2.75) is 83.0 Å². The molecular formula is C26H31ClFN5O2. The molecule has 2 fully saturated rings. The maximum absolute atomic E-state index is 15.2. The Bertz CT molecular complexity index is 1160. The summed E-state index contributed by atoms with van der Waals surface area (Å²) in [6.45, 7) is 5.82. The molecule has 1 aromatic heterocycles. The minimum absolute atomic E-state index is 0.00699. The predicted octanol–water partition coefficient (Wildman–Crippen LogP) is 4.64. The highest BCUT2D eigenvalue weighted by atomic mass is 35.5. The molecule has 7 nitrogen and oxygen atoms in total. The van der Waals surface area contributed by atoms with Gasteiger partial charge in [-0.2, -0.15) is 0 Å². The Morgan fingerprint density at radius 1 is 1.29 bits per heavy atom. The summed E-state index contributed by atoms with van der Waals surface area (Å²) in [6.07, 6.45) is 9.96. The number of nitrogens with zero attached hydrogens (tertiary/aromatic N) is 3. The Balaban J connectivity index is 1.36. The van der Waals surface area contributed by atoms with Crippen molar-refractivity contribution in [1.82, 2.24) is 15.2 Å². The first-order valence-corrected chi connectivity index (χ1v) is 12.7. The van der Waals surface area contributed by atoms with Crippen LogP contribution in [0.25, 0.3) is 5.57 Å². The average Bonchev–Trinajstić information content (AvgIpc) is 3.32.